The van der Waals surface area contributed by atoms with E-state index >= 15 is 0 Å². The van der Waals surface area contributed by atoms with Crippen LogP contribution in [0.4, 0.5) is 0 Å². The van der Waals surface area contributed by atoms with Crippen LogP contribution in [0.25, 0.3) is 0 Å². The number of rotatable bonds is 1. The van der Waals surface area contributed by atoms with Crippen LogP contribution in [0.2, 0.25) is 0 Å². The molecule has 2 rings (SSSR count). The van der Waals surface area contributed by atoms with Gasteiger partial charge in [-0.1, -0.05) is 0 Å². The molecule has 100 valence electrons. The fraction of sp³-hybridized carbons (Fsp3) is 0.923. The maximum Gasteiger partial charge on any atom is 0.293 e. The number of fused-ring (bicyclic) bond motifs is 1. The lowest BCUT2D eigenvalue weighted by atomic mass is 9.83. The molecule has 2 aliphatic rings. The molecule has 17 heavy (non-hydrogen) atoms. The number of hydrogen-bond acceptors (Lipinski definition) is 4. The van der Waals surface area contributed by atoms with Crippen molar-refractivity contribution in [2.45, 2.75) is 64.2 Å². The monoisotopic (exact) mass is 243 g/mol. The minimum Gasteiger partial charge on any atom is -0.462 e. The van der Waals surface area contributed by atoms with Crippen molar-refractivity contribution in [2.24, 2.45) is 5.92 Å². The highest BCUT2D eigenvalue weighted by Crippen LogP contribution is 2.30. The summed E-state index contributed by atoms with van der Waals surface area (Å²) in [5.74, 6) is 0.578. The molecule has 0 spiro atoms. The average Bonchev–Trinajstić information content (AvgIpc) is 2.66. The second kappa shape index (κ2) is 6.36. The zero-order valence-corrected chi connectivity index (χ0v) is 11.1. The van der Waals surface area contributed by atoms with Crippen molar-refractivity contribution in [3.8, 4) is 0 Å². The Hall–Kier alpha value is -0.610. The lowest BCUT2D eigenvalue weighted by Gasteiger charge is -2.29. The molecule has 4 nitrogen and oxygen atoms in total. The van der Waals surface area contributed by atoms with Crippen LogP contribution in [0.5, 0.6) is 0 Å². The number of carbonyl (C=O) groups is 1. The van der Waals surface area contributed by atoms with Crippen LogP contribution in [0, 0.1) is 5.92 Å². The second-order valence-corrected chi connectivity index (χ2v) is 5.84. The highest BCUT2D eigenvalue weighted by Gasteiger charge is 2.34. The summed E-state index contributed by atoms with van der Waals surface area (Å²) in [5.41, 5.74) is -0.318. The lowest BCUT2D eigenvalue weighted by Crippen LogP contribution is -2.37. The van der Waals surface area contributed by atoms with Crippen molar-refractivity contribution in [2.75, 3.05) is 6.54 Å². The topological polar surface area (TPSA) is 58.6 Å². The van der Waals surface area contributed by atoms with E-state index < -0.39 is 0 Å². The molecule has 0 radical (unpaired) electrons. The van der Waals surface area contributed by atoms with Crippen LogP contribution >= 0.6 is 0 Å². The molecule has 0 aromatic heterocycles. The third-order valence-electron chi connectivity index (χ3n) is 3.31. The van der Waals surface area contributed by atoms with Crippen molar-refractivity contribution < 1.29 is 14.6 Å². The van der Waals surface area contributed by atoms with Crippen LogP contribution in [0.1, 0.15) is 46.5 Å². The van der Waals surface area contributed by atoms with Gasteiger partial charge in [0.15, 0.2) is 0 Å². The first-order chi connectivity index (χ1) is 7.94. The number of nitrogens with one attached hydrogen (secondary N) is 1. The van der Waals surface area contributed by atoms with Gasteiger partial charge in [-0.2, -0.15) is 0 Å². The third kappa shape index (κ3) is 5.04. The zero-order chi connectivity index (χ0) is 12.9. The molecule has 2 N–H and O–H groups in total. The van der Waals surface area contributed by atoms with E-state index in [1.807, 2.05) is 20.8 Å². The van der Waals surface area contributed by atoms with Crippen molar-refractivity contribution in [3.63, 3.8) is 0 Å². The van der Waals surface area contributed by atoms with Crippen molar-refractivity contribution in [3.05, 3.63) is 0 Å². The van der Waals surface area contributed by atoms with Gasteiger partial charge in [-0.05, 0) is 53.0 Å². The van der Waals surface area contributed by atoms with Crippen LogP contribution in [0.15, 0.2) is 0 Å². The summed E-state index contributed by atoms with van der Waals surface area (Å²) in [7, 11) is 0. The molecule has 1 heterocycles. The van der Waals surface area contributed by atoms with Gasteiger partial charge in [0.05, 0.1) is 6.10 Å². The van der Waals surface area contributed by atoms with Crippen LogP contribution in [-0.4, -0.2) is 35.9 Å². The molecular weight excluding hydrogens is 218 g/mol. The van der Waals surface area contributed by atoms with Gasteiger partial charge in [0.1, 0.15) is 5.60 Å². The van der Waals surface area contributed by atoms with Crippen molar-refractivity contribution >= 4 is 6.47 Å². The van der Waals surface area contributed by atoms with Crippen molar-refractivity contribution in [1.29, 1.82) is 0 Å². The maximum atomic E-state index is 9.60. The predicted molar refractivity (Wildman–Crippen MR) is 66.7 cm³/mol. The van der Waals surface area contributed by atoms with Gasteiger partial charge in [-0.15, -0.1) is 0 Å². The fourth-order valence-corrected chi connectivity index (χ4v) is 2.47. The highest BCUT2D eigenvalue weighted by atomic mass is 16.5. The Bertz CT molecular complexity index is 237. The van der Waals surface area contributed by atoms with E-state index in [0.717, 1.165) is 13.0 Å². The number of ether oxygens (including phenoxy) is 1. The second-order valence-electron chi connectivity index (χ2n) is 5.84. The van der Waals surface area contributed by atoms with Crippen LogP contribution in [-0.2, 0) is 9.53 Å². The summed E-state index contributed by atoms with van der Waals surface area (Å²) in [5, 5.41) is 13.0. The summed E-state index contributed by atoms with van der Waals surface area (Å²) in [6.07, 6.45) is 4.69. The summed E-state index contributed by atoms with van der Waals surface area (Å²) in [6, 6.07) is 0.642. The molecule has 2 fully saturated rings. The Balaban J connectivity index is 0.000000185. The molecule has 1 saturated carbocycles. The van der Waals surface area contributed by atoms with E-state index in [0.29, 0.717) is 18.4 Å². The van der Waals surface area contributed by atoms with Gasteiger partial charge in [-0.25, -0.2) is 0 Å². The molecule has 0 bridgehead atoms. The van der Waals surface area contributed by atoms with Crippen LogP contribution in [0.3, 0.4) is 0 Å². The Morgan fingerprint density at radius 3 is 2.47 bits per heavy atom. The highest BCUT2D eigenvalue weighted by molar-refractivity contribution is 5.37. The summed E-state index contributed by atoms with van der Waals surface area (Å²) in [4.78, 5) is 9.60. The Labute approximate surface area is 104 Å². The van der Waals surface area contributed by atoms with Crippen molar-refractivity contribution in [1.82, 2.24) is 5.32 Å². The molecule has 1 saturated heterocycles. The largest absolute Gasteiger partial charge is 0.462 e. The summed E-state index contributed by atoms with van der Waals surface area (Å²) < 4.78 is 4.55. The van der Waals surface area contributed by atoms with E-state index in [1.165, 1.54) is 19.3 Å². The minimum absolute atomic E-state index is 0.00579. The normalized spacial score (nSPS) is 32.1. The van der Waals surface area contributed by atoms with Gasteiger partial charge >= 0.3 is 0 Å². The number of carbonyl (C=O) groups excluding carboxylic acids is 1. The van der Waals surface area contributed by atoms with Crippen LogP contribution < -0.4 is 5.32 Å². The van der Waals surface area contributed by atoms with Gasteiger partial charge < -0.3 is 15.2 Å². The fourth-order valence-electron chi connectivity index (χ4n) is 2.47. The molecule has 3 atom stereocenters. The third-order valence-corrected chi connectivity index (χ3v) is 3.31. The number of hydrogen-bond donors (Lipinski definition) is 2. The summed E-state index contributed by atoms with van der Waals surface area (Å²) in [6.45, 7) is 7.04. The molecule has 0 aromatic carbocycles. The van der Waals surface area contributed by atoms with E-state index in [9.17, 15) is 9.90 Å². The van der Waals surface area contributed by atoms with Gasteiger partial charge in [-0.3, -0.25) is 4.79 Å². The molecule has 0 aromatic rings. The Morgan fingerprint density at radius 2 is 2.00 bits per heavy atom. The van der Waals surface area contributed by atoms with Gasteiger partial charge in [0.25, 0.3) is 6.47 Å². The molecule has 0 amide bonds. The Morgan fingerprint density at radius 1 is 1.29 bits per heavy atom. The SMILES string of the molecule is CC(C)(C)OC=O.OC1CCCC2NCCC12. The summed E-state index contributed by atoms with van der Waals surface area (Å²) >= 11 is 0. The molecular formula is C13H25NO3. The number of aliphatic hydroxyl groups excluding tert-OH is 1. The predicted octanol–water partition coefficient (Wildman–Crippen LogP) is 1.47. The smallest absolute Gasteiger partial charge is 0.293 e. The average molecular weight is 243 g/mol. The first kappa shape index (κ1) is 14.5. The zero-order valence-electron chi connectivity index (χ0n) is 11.1. The maximum absolute atomic E-state index is 9.60. The Kier molecular flexibility index (Phi) is 5.40. The van der Waals surface area contributed by atoms with Gasteiger partial charge in [0, 0.05) is 12.0 Å². The molecule has 1 aliphatic carbocycles. The minimum atomic E-state index is -0.318. The van der Waals surface area contributed by atoms with E-state index in [2.05, 4.69) is 10.1 Å². The number of aliphatic hydroxyl groups is 1. The molecule has 4 heteroatoms. The standard InChI is InChI=1S/C8H15NO.C5H10O2/c10-8-3-1-2-7-6(8)4-5-9-7;1-5(2,3)7-4-6/h6-10H,1-5H2;4H,1-3H3. The molecule has 3 unspecified atom stereocenters. The first-order valence-electron chi connectivity index (χ1n) is 6.47. The quantitative estimate of drug-likeness (QED) is 0.685. The van der Waals surface area contributed by atoms with E-state index in [-0.39, 0.29) is 11.7 Å². The lowest BCUT2D eigenvalue weighted by molar-refractivity contribution is -0.138. The molecule has 1 aliphatic heterocycles. The first-order valence-corrected chi connectivity index (χ1v) is 6.47. The van der Waals surface area contributed by atoms with E-state index in [1.54, 1.807) is 0 Å². The van der Waals surface area contributed by atoms with Gasteiger partial charge in [0.2, 0.25) is 0 Å². The van der Waals surface area contributed by atoms with E-state index in [4.69, 9.17) is 0 Å².